The highest BCUT2D eigenvalue weighted by Gasteiger charge is 2.43. The van der Waals surface area contributed by atoms with Gasteiger partial charge in [0.15, 0.2) is 16.1 Å². The SMILES string of the molecule is CC(C)c1cc(-c2ccc(N(c3cccc(-c4cccc([Si](c5ccccc5)(c5ccccc5)c5ccccc5)c4)c3)c3ccc4c(c3)oc3ccccc34)cc2)c2ccc3c(C(C)C)cc(-c4ccc(N(c5cccc(-c6cccc([Si](c7ccccc7)(c7ccccc7)c7ccccc7)c6)c5)c5ccc6c(c5)oc5ccccc56)cc4)c4ccc1c2c43. The number of anilines is 6. The van der Waals surface area contributed by atoms with Gasteiger partial charge in [-0.1, -0.05) is 367 Å². The first-order valence-electron chi connectivity index (χ1n) is 43.3. The third kappa shape index (κ3) is 12.8. The van der Waals surface area contributed by atoms with Gasteiger partial charge in [-0.25, -0.2) is 0 Å². The van der Waals surface area contributed by atoms with Crippen molar-refractivity contribution in [3.05, 3.63) is 460 Å². The molecule has 590 valence electrons. The van der Waals surface area contributed by atoms with E-state index in [0.717, 1.165) is 111 Å². The topological polar surface area (TPSA) is 32.8 Å². The van der Waals surface area contributed by atoms with Crippen LogP contribution in [0, 0.1) is 0 Å². The van der Waals surface area contributed by atoms with Gasteiger partial charge in [0.05, 0.1) is 0 Å². The van der Waals surface area contributed by atoms with E-state index in [1.807, 2.05) is 12.1 Å². The van der Waals surface area contributed by atoms with Crippen LogP contribution in [-0.4, -0.2) is 16.1 Å². The number of rotatable bonds is 20. The van der Waals surface area contributed by atoms with E-state index in [9.17, 15) is 0 Å². The number of furan rings is 2. The lowest BCUT2D eigenvalue weighted by Crippen LogP contribution is -2.74. The van der Waals surface area contributed by atoms with E-state index in [0.29, 0.717) is 0 Å². The van der Waals surface area contributed by atoms with Gasteiger partial charge in [-0.2, -0.15) is 0 Å². The van der Waals surface area contributed by atoms with Crippen LogP contribution < -0.4 is 51.3 Å². The minimum atomic E-state index is -2.84. The summed E-state index contributed by atoms with van der Waals surface area (Å²) < 4.78 is 13.4. The highest BCUT2D eigenvalue weighted by molar-refractivity contribution is 7.20. The summed E-state index contributed by atoms with van der Waals surface area (Å²) in [6.45, 7) is 9.40. The summed E-state index contributed by atoms with van der Waals surface area (Å²) in [4.78, 5) is 4.80. The van der Waals surface area contributed by atoms with Crippen LogP contribution in [0.25, 0.3) is 121 Å². The Balaban J connectivity index is 0.653. The highest BCUT2D eigenvalue weighted by atomic mass is 28.3. The Hall–Kier alpha value is -14.9. The lowest BCUT2D eigenvalue weighted by Gasteiger charge is -2.34. The van der Waals surface area contributed by atoms with Crippen LogP contribution in [0.5, 0.6) is 0 Å². The zero-order valence-corrected chi connectivity index (χ0v) is 71.6. The van der Waals surface area contributed by atoms with Gasteiger partial charge in [-0.15, -0.1) is 0 Å². The zero-order valence-electron chi connectivity index (χ0n) is 69.6. The lowest BCUT2D eigenvalue weighted by atomic mass is 9.81. The first-order valence-corrected chi connectivity index (χ1v) is 47.3. The van der Waals surface area contributed by atoms with Crippen LogP contribution in [0.4, 0.5) is 34.1 Å². The van der Waals surface area contributed by atoms with Gasteiger partial charge in [0, 0.05) is 67.8 Å². The van der Waals surface area contributed by atoms with Crippen LogP contribution in [0.15, 0.2) is 458 Å². The minimum Gasteiger partial charge on any atom is -0.456 e. The summed E-state index contributed by atoms with van der Waals surface area (Å²) in [5.41, 5.74) is 21.6. The van der Waals surface area contributed by atoms with Crippen LogP contribution in [-0.2, 0) is 0 Å². The summed E-state index contributed by atoms with van der Waals surface area (Å²) in [7, 11) is -5.67. The van der Waals surface area contributed by atoms with Gasteiger partial charge in [-0.3, -0.25) is 0 Å². The number of nitrogens with zero attached hydrogens (tertiary/aromatic N) is 2. The van der Waals surface area contributed by atoms with E-state index in [-0.39, 0.29) is 11.8 Å². The molecule has 4 nitrogen and oxygen atoms in total. The van der Waals surface area contributed by atoms with Gasteiger partial charge >= 0.3 is 0 Å². The Morgan fingerprint density at radius 2 is 0.452 bits per heavy atom. The molecule has 0 saturated carbocycles. The van der Waals surface area contributed by atoms with Crippen molar-refractivity contribution in [3.8, 4) is 44.5 Å². The fourth-order valence-electron chi connectivity index (χ4n) is 20.3. The van der Waals surface area contributed by atoms with Crippen LogP contribution in [0.1, 0.15) is 50.7 Å². The highest BCUT2D eigenvalue weighted by Crippen LogP contribution is 2.50. The fourth-order valence-corrected chi connectivity index (χ4v) is 29.9. The molecule has 0 amide bonds. The van der Waals surface area contributed by atoms with Gasteiger partial charge < -0.3 is 18.6 Å². The van der Waals surface area contributed by atoms with Crippen LogP contribution in [0.2, 0.25) is 0 Å². The molecular formula is C118H88N2O2Si2. The number of benzene rings is 20. The smallest absolute Gasteiger partial charge is 0.179 e. The molecule has 6 heteroatoms. The average Bonchev–Trinajstić information content (AvgIpc) is 0.834. The summed E-state index contributed by atoms with van der Waals surface area (Å²) in [5, 5.41) is 22.8. The quantitative estimate of drug-likeness (QED) is 0.0433. The van der Waals surface area contributed by atoms with Crippen molar-refractivity contribution in [1.29, 1.82) is 0 Å². The third-order valence-electron chi connectivity index (χ3n) is 26.0. The molecular weight excluding hydrogens is 1530 g/mol. The Morgan fingerprint density at radius 1 is 0.185 bits per heavy atom. The molecule has 0 atom stereocenters. The molecule has 0 aliphatic rings. The molecule has 0 saturated heterocycles. The Kier molecular flexibility index (Phi) is 19.0. The van der Waals surface area contributed by atoms with Crippen molar-refractivity contribution >= 4 is 168 Å². The molecule has 0 bridgehead atoms. The Labute approximate surface area is 725 Å². The molecule has 0 spiro atoms. The Bertz CT molecular complexity index is 7070. The summed E-state index contributed by atoms with van der Waals surface area (Å²) >= 11 is 0. The van der Waals surface area contributed by atoms with E-state index in [4.69, 9.17) is 8.83 Å². The number of fused-ring (bicyclic) bond motifs is 6. The number of para-hydroxylation sites is 2. The van der Waals surface area contributed by atoms with E-state index in [1.54, 1.807) is 0 Å². The largest absolute Gasteiger partial charge is 0.456 e. The predicted molar refractivity (Wildman–Crippen MR) is 531 cm³/mol. The monoisotopic (exact) mass is 1620 g/mol. The maximum Gasteiger partial charge on any atom is 0.179 e. The van der Waals surface area contributed by atoms with E-state index >= 15 is 0 Å². The number of hydrogen-bond donors (Lipinski definition) is 0. The predicted octanol–water partition coefficient (Wildman–Crippen LogP) is 27.0. The van der Waals surface area contributed by atoms with E-state index in [1.165, 1.54) is 96.1 Å². The van der Waals surface area contributed by atoms with Gasteiger partial charge in [0.1, 0.15) is 22.3 Å². The van der Waals surface area contributed by atoms with Crippen LogP contribution in [0.3, 0.4) is 0 Å². The summed E-state index contributed by atoms with van der Waals surface area (Å²) in [6, 6.07) is 168. The van der Waals surface area contributed by atoms with E-state index in [2.05, 4.69) is 474 Å². The molecule has 20 aromatic carbocycles. The normalized spacial score (nSPS) is 12.0. The molecule has 22 aromatic rings. The second-order valence-corrected chi connectivity index (χ2v) is 41.3. The van der Waals surface area contributed by atoms with Gasteiger partial charge in [0.2, 0.25) is 0 Å². The van der Waals surface area contributed by atoms with E-state index < -0.39 is 16.1 Å². The van der Waals surface area contributed by atoms with Crippen LogP contribution >= 0.6 is 0 Å². The summed E-state index contributed by atoms with van der Waals surface area (Å²) in [5.74, 6) is 0.483. The molecule has 124 heavy (non-hydrogen) atoms. The third-order valence-corrected chi connectivity index (χ3v) is 35.6. The summed E-state index contributed by atoms with van der Waals surface area (Å²) in [6.07, 6.45) is 0. The van der Waals surface area contributed by atoms with Crippen molar-refractivity contribution in [2.24, 2.45) is 0 Å². The molecule has 0 fully saturated rings. The second-order valence-electron chi connectivity index (χ2n) is 33.7. The second kappa shape index (κ2) is 31.3. The fraction of sp³-hybridized carbons (Fsp3) is 0.0508. The lowest BCUT2D eigenvalue weighted by molar-refractivity contribution is 0.668. The maximum absolute atomic E-state index is 6.70. The first-order chi connectivity index (χ1) is 61.1. The number of hydrogen-bond acceptors (Lipinski definition) is 4. The molecule has 0 radical (unpaired) electrons. The molecule has 0 aliphatic carbocycles. The van der Waals surface area contributed by atoms with Crippen molar-refractivity contribution in [2.75, 3.05) is 9.80 Å². The molecule has 0 unspecified atom stereocenters. The zero-order chi connectivity index (χ0) is 83.0. The molecule has 0 N–H and O–H groups in total. The maximum atomic E-state index is 6.70. The van der Waals surface area contributed by atoms with Crippen molar-refractivity contribution in [2.45, 2.75) is 39.5 Å². The minimum absolute atomic E-state index is 0.242. The average molecular weight is 1620 g/mol. The Morgan fingerprint density at radius 3 is 0.790 bits per heavy atom. The standard InChI is InChI=1S/C118H88N2O2Si2/c1-79(2)109-77-111(81-55-59-87(60-56-81)119(91-63-65-103-101-51-23-25-53-113(101)121-115(103)75-91)89-35-27-31-83(71-89)85-33-29-49-99(73-85)123(93-37-11-5-12-38-93,94-39-13-6-14-40-94)95-41-15-7-16-42-95)107-70-68-106-110(80(3)4)78-112(108-69-67-105(109)117(107)118(106)108)82-57-61-88(62-58-82)120(92-64-66-104-102-52-24-26-54-114(102)122-116(104)76-92)90-36-28-32-84(72-90)86-34-30-50-100(74-86)124(96-43-17-8-18-44-96,97-45-19-9-20-46-97)98-47-21-10-22-48-98/h5-80H,1-4H3. The molecule has 0 aliphatic heterocycles. The van der Waals surface area contributed by atoms with Gasteiger partial charge in [0.25, 0.3) is 0 Å². The first kappa shape index (κ1) is 75.3. The molecule has 2 heterocycles. The van der Waals surface area contributed by atoms with Crippen molar-refractivity contribution < 1.29 is 8.83 Å². The van der Waals surface area contributed by atoms with Crippen molar-refractivity contribution in [3.63, 3.8) is 0 Å². The van der Waals surface area contributed by atoms with Gasteiger partial charge in [-0.05, 0) is 238 Å². The molecule has 2 aromatic heterocycles. The molecule has 22 rings (SSSR count). The van der Waals surface area contributed by atoms with Crippen molar-refractivity contribution in [1.82, 2.24) is 0 Å².